The third kappa shape index (κ3) is 4.67. The van der Waals surface area contributed by atoms with Gasteiger partial charge < -0.3 is 14.8 Å². The van der Waals surface area contributed by atoms with Gasteiger partial charge in [0.05, 0.1) is 13.7 Å². The van der Waals surface area contributed by atoms with Crippen LogP contribution in [0.4, 0.5) is 4.39 Å². The van der Waals surface area contributed by atoms with E-state index in [0.717, 1.165) is 24.9 Å². The number of halogens is 1. The molecule has 1 saturated heterocycles. The summed E-state index contributed by atoms with van der Waals surface area (Å²) in [6.45, 7) is 4.62. The molecule has 1 aliphatic carbocycles. The van der Waals surface area contributed by atoms with Crippen molar-refractivity contribution in [1.29, 1.82) is 0 Å². The lowest BCUT2D eigenvalue weighted by Gasteiger charge is -2.36. The topological polar surface area (TPSA) is 50.8 Å². The van der Waals surface area contributed by atoms with Crippen LogP contribution in [0.2, 0.25) is 0 Å². The number of rotatable bonds is 8. The van der Waals surface area contributed by atoms with Crippen LogP contribution in [0.15, 0.2) is 18.2 Å². The largest absolute Gasteiger partial charge is 0.493 e. The first-order chi connectivity index (χ1) is 12.5. The van der Waals surface area contributed by atoms with E-state index in [1.54, 1.807) is 7.11 Å². The summed E-state index contributed by atoms with van der Waals surface area (Å²) in [7, 11) is 1.61. The number of carbonyl (C=O) groups excluding carboxylic acids is 1. The monoisotopic (exact) mass is 364 g/mol. The van der Waals surface area contributed by atoms with E-state index in [0.29, 0.717) is 50.0 Å². The molecular weight excluding hydrogens is 335 g/mol. The lowest BCUT2D eigenvalue weighted by Crippen LogP contribution is -2.54. The zero-order chi connectivity index (χ0) is 18.6. The molecule has 1 aromatic carbocycles. The second-order valence-electron chi connectivity index (χ2n) is 7.35. The van der Waals surface area contributed by atoms with Gasteiger partial charge in [0.25, 0.3) is 5.91 Å². The zero-order valence-electron chi connectivity index (χ0n) is 15.7. The molecule has 3 rings (SSSR count). The number of likely N-dealkylation sites (tertiary alicyclic amines) is 1. The van der Waals surface area contributed by atoms with Crippen molar-refractivity contribution in [3.8, 4) is 11.5 Å². The molecule has 0 aromatic heterocycles. The number of nitrogens with zero attached hydrogens (tertiary/aromatic N) is 1. The van der Waals surface area contributed by atoms with Gasteiger partial charge in [0.1, 0.15) is 0 Å². The van der Waals surface area contributed by atoms with Crippen LogP contribution in [0.1, 0.15) is 38.2 Å². The van der Waals surface area contributed by atoms with Crippen molar-refractivity contribution in [3.05, 3.63) is 23.8 Å². The van der Waals surface area contributed by atoms with E-state index in [4.69, 9.17) is 9.47 Å². The summed E-state index contributed by atoms with van der Waals surface area (Å²) in [5.74, 6) is 1.49. The smallest absolute Gasteiger partial charge is 0.259 e. The normalized spacial score (nSPS) is 23.5. The molecule has 1 unspecified atom stereocenters. The van der Waals surface area contributed by atoms with Crippen molar-refractivity contribution in [2.24, 2.45) is 5.92 Å². The van der Waals surface area contributed by atoms with E-state index >= 15 is 4.39 Å². The van der Waals surface area contributed by atoms with E-state index in [-0.39, 0.29) is 6.54 Å². The fourth-order valence-corrected chi connectivity index (χ4v) is 3.48. The van der Waals surface area contributed by atoms with E-state index in [2.05, 4.69) is 5.32 Å². The lowest BCUT2D eigenvalue weighted by atomic mass is 9.93. The Hall–Kier alpha value is -1.82. The maximum Gasteiger partial charge on any atom is 0.259 e. The highest BCUT2D eigenvalue weighted by Gasteiger charge is 2.42. The molecule has 0 spiro atoms. The molecule has 1 aromatic rings. The van der Waals surface area contributed by atoms with E-state index in [1.807, 2.05) is 30.0 Å². The molecule has 144 valence electrons. The predicted octanol–water partition coefficient (Wildman–Crippen LogP) is 2.92. The molecule has 0 bridgehead atoms. The molecule has 2 aliphatic rings. The van der Waals surface area contributed by atoms with Gasteiger partial charge in [0.2, 0.25) is 5.67 Å². The van der Waals surface area contributed by atoms with E-state index < -0.39 is 11.6 Å². The number of nitrogens with one attached hydrogen (secondary N) is 1. The minimum absolute atomic E-state index is 0.138. The van der Waals surface area contributed by atoms with Crippen molar-refractivity contribution in [1.82, 2.24) is 10.2 Å². The maximum absolute atomic E-state index is 15.2. The Labute approximate surface area is 154 Å². The number of ether oxygens (including phenoxy) is 2. The van der Waals surface area contributed by atoms with E-state index in [9.17, 15) is 4.79 Å². The molecule has 1 saturated carbocycles. The molecule has 5 nitrogen and oxygen atoms in total. The first-order valence-electron chi connectivity index (χ1n) is 9.53. The molecule has 6 heteroatoms. The Bertz CT molecular complexity index is 635. The number of alkyl halides is 1. The summed E-state index contributed by atoms with van der Waals surface area (Å²) in [6.07, 6.45) is 3.27. The van der Waals surface area contributed by atoms with Gasteiger partial charge in [0, 0.05) is 19.6 Å². The van der Waals surface area contributed by atoms with Crippen molar-refractivity contribution >= 4 is 5.91 Å². The number of piperidine rings is 1. The molecule has 1 aliphatic heterocycles. The van der Waals surface area contributed by atoms with Crippen molar-refractivity contribution in [2.45, 2.75) is 44.8 Å². The Kier molecular flexibility index (Phi) is 6.01. The summed E-state index contributed by atoms with van der Waals surface area (Å²) >= 11 is 0. The second-order valence-corrected chi connectivity index (χ2v) is 7.35. The number of hydrogen-bond donors (Lipinski definition) is 1. The summed E-state index contributed by atoms with van der Waals surface area (Å²) in [5.41, 5.74) is -0.768. The van der Waals surface area contributed by atoms with Crippen LogP contribution in [0.3, 0.4) is 0 Å². The van der Waals surface area contributed by atoms with Gasteiger partial charge >= 0.3 is 0 Å². The Balaban J connectivity index is 1.61. The molecule has 1 atom stereocenters. The van der Waals surface area contributed by atoms with Gasteiger partial charge in [-0.05, 0) is 62.8 Å². The van der Waals surface area contributed by atoms with Gasteiger partial charge in [-0.3, -0.25) is 9.69 Å². The number of hydrogen-bond acceptors (Lipinski definition) is 4. The molecule has 1 amide bonds. The van der Waals surface area contributed by atoms with Crippen molar-refractivity contribution in [3.63, 3.8) is 0 Å². The first-order valence-corrected chi connectivity index (χ1v) is 9.53. The van der Waals surface area contributed by atoms with Gasteiger partial charge in [-0.2, -0.15) is 0 Å². The van der Waals surface area contributed by atoms with Crippen molar-refractivity contribution < 1.29 is 18.7 Å². The second kappa shape index (κ2) is 8.25. The Morgan fingerprint density at radius 3 is 2.88 bits per heavy atom. The molecule has 1 N–H and O–H groups in total. The van der Waals surface area contributed by atoms with Crippen LogP contribution in [-0.4, -0.2) is 49.8 Å². The van der Waals surface area contributed by atoms with Gasteiger partial charge in [0.15, 0.2) is 11.5 Å². The number of carbonyl (C=O) groups is 1. The summed E-state index contributed by atoms with van der Waals surface area (Å²) in [6, 6.07) is 5.77. The lowest BCUT2D eigenvalue weighted by molar-refractivity contribution is -0.136. The van der Waals surface area contributed by atoms with Crippen LogP contribution in [-0.2, 0) is 11.3 Å². The van der Waals surface area contributed by atoms with Crippen LogP contribution in [0, 0.1) is 5.92 Å². The number of benzene rings is 1. The summed E-state index contributed by atoms with van der Waals surface area (Å²) < 4.78 is 26.1. The molecular formula is C20H29FN2O3. The number of amides is 1. The van der Waals surface area contributed by atoms with Gasteiger partial charge in [-0.1, -0.05) is 6.07 Å². The summed E-state index contributed by atoms with van der Waals surface area (Å²) in [4.78, 5) is 14.3. The molecule has 2 fully saturated rings. The highest BCUT2D eigenvalue weighted by molar-refractivity contribution is 5.85. The molecule has 0 radical (unpaired) electrons. The van der Waals surface area contributed by atoms with E-state index in [1.165, 1.54) is 0 Å². The van der Waals surface area contributed by atoms with Crippen molar-refractivity contribution in [2.75, 3.05) is 33.4 Å². The first kappa shape index (κ1) is 19.0. The fraction of sp³-hybridized carbons (Fsp3) is 0.650. The third-order valence-electron chi connectivity index (χ3n) is 5.11. The van der Waals surface area contributed by atoms with Gasteiger partial charge in [-0.25, -0.2) is 4.39 Å². The van der Waals surface area contributed by atoms with Crippen LogP contribution in [0.5, 0.6) is 11.5 Å². The van der Waals surface area contributed by atoms with Crippen LogP contribution in [0.25, 0.3) is 0 Å². The molecule has 26 heavy (non-hydrogen) atoms. The summed E-state index contributed by atoms with van der Waals surface area (Å²) in [5, 5.41) is 2.80. The fourth-order valence-electron chi connectivity index (χ4n) is 3.48. The minimum Gasteiger partial charge on any atom is -0.493 e. The average molecular weight is 364 g/mol. The average Bonchev–Trinajstić information content (AvgIpc) is 3.45. The highest BCUT2D eigenvalue weighted by Crippen LogP contribution is 2.31. The van der Waals surface area contributed by atoms with Crippen LogP contribution >= 0.6 is 0 Å². The van der Waals surface area contributed by atoms with Gasteiger partial charge in [-0.15, -0.1) is 0 Å². The predicted molar refractivity (Wildman–Crippen MR) is 98.2 cm³/mol. The highest BCUT2D eigenvalue weighted by atomic mass is 19.1. The Morgan fingerprint density at radius 1 is 1.38 bits per heavy atom. The Morgan fingerprint density at radius 2 is 2.19 bits per heavy atom. The minimum atomic E-state index is -1.79. The molecule has 1 heterocycles. The SMILES string of the molecule is CCOc1ccc(CN2CCCC(F)(C(=O)NCC3CC3)C2)cc1OC. The zero-order valence-corrected chi connectivity index (χ0v) is 15.7. The number of methoxy groups -OCH3 is 1. The quantitative estimate of drug-likeness (QED) is 0.771. The van der Waals surface area contributed by atoms with Crippen LogP contribution < -0.4 is 14.8 Å². The third-order valence-corrected chi connectivity index (χ3v) is 5.11. The standard InChI is InChI=1S/C20H29FN2O3/c1-3-26-17-8-7-16(11-18(17)25-2)13-23-10-4-9-20(21,14-23)19(24)22-12-15-5-6-15/h7-8,11,15H,3-6,9-10,12-14H2,1-2H3,(H,22,24). The maximum atomic E-state index is 15.2.